The van der Waals surface area contributed by atoms with Crippen LogP contribution in [0.15, 0.2) is 16.7 Å². The quantitative estimate of drug-likeness (QED) is 0.595. The van der Waals surface area contributed by atoms with Crippen molar-refractivity contribution >= 4 is 21.6 Å². The Morgan fingerprint density at radius 2 is 2.28 bits per heavy atom. The van der Waals surface area contributed by atoms with Gasteiger partial charge in [-0.1, -0.05) is 0 Å². The fourth-order valence-electron chi connectivity index (χ4n) is 1.24. The number of rotatable bonds is 6. The molecular weight excluding hydrogens is 302 g/mol. The lowest BCUT2D eigenvalue weighted by Gasteiger charge is -2.19. The third-order valence-corrected chi connectivity index (χ3v) is 3.09. The maximum Gasteiger partial charge on any atom is 0.332 e. The van der Waals surface area contributed by atoms with Gasteiger partial charge in [-0.05, 0) is 43.4 Å². The van der Waals surface area contributed by atoms with E-state index in [2.05, 4.69) is 32.7 Å². The van der Waals surface area contributed by atoms with Crippen LogP contribution in [0.25, 0.3) is 0 Å². The van der Waals surface area contributed by atoms with E-state index < -0.39 is 4.92 Å². The average molecular weight is 318 g/mol. The summed E-state index contributed by atoms with van der Waals surface area (Å²) < 4.78 is 5.93. The van der Waals surface area contributed by atoms with Gasteiger partial charge in [0.15, 0.2) is 0 Å². The zero-order valence-corrected chi connectivity index (χ0v) is 12.2. The highest BCUT2D eigenvalue weighted by molar-refractivity contribution is 9.10. The Balaban J connectivity index is 2.65. The van der Waals surface area contributed by atoms with Gasteiger partial charge < -0.3 is 9.64 Å². The summed E-state index contributed by atoms with van der Waals surface area (Å²) in [6.07, 6.45) is 2.26. The molecule has 0 radical (unpaired) electrons. The van der Waals surface area contributed by atoms with Crippen molar-refractivity contribution in [2.24, 2.45) is 0 Å². The maximum atomic E-state index is 10.8. The van der Waals surface area contributed by atoms with Gasteiger partial charge in [0.05, 0.1) is 11.5 Å². The van der Waals surface area contributed by atoms with E-state index in [1.54, 1.807) is 0 Å². The molecule has 1 rings (SSSR count). The van der Waals surface area contributed by atoms with E-state index in [0.717, 1.165) is 6.42 Å². The van der Waals surface area contributed by atoms with Crippen LogP contribution in [-0.2, 0) is 0 Å². The lowest BCUT2D eigenvalue weighted by atomic mass is 10.2. The maximum absolute atomic E-state index is 10.8. The van der Waals surface area contributed by atoms with Crippen LogP contribution < -0.4 is 4.74 Å². The van der Waals surface area contributed by atoms with Gasteiger partial charge in [-0.2, -0.15) is 0 Å². The van der Waals surface area contributed by atoms with Gasteiger partial charge in [0.25, 0.3) is 5.88 Å². The van der Waals surface area contributed by atoms with Crippen molar-refractivity contribution in [3.05, 3.63) is 26.9 Å². The fraction of sp³-hybridized carbons (Fsp3) is 0.545. The summed E-state index contributed by atoms with van der Waals surface area (Å²) in [5.74, 6) is 0.0640. The van der Waals surface area contributed by atoms with Crippen molar-refractivity contribution in [3.8, 4) is 5.88 Å². The molecule has 0 fully saturated rings. The second-order valence-electron chi connectivity index (χ2n) is 4.18. The molecule has 0 amide bonds. The Morgan fingerprint density at radius 1 is 1.61 bits per heavy atom. The lowest BCUT2D eigenvalue weighted by Crippen LogP contribution is -2.26. The Morgan fingerprint density at radius 3 is 2.83 bits per heavy atom. The van der Waals surface area contributed by atoms with Crippen LogP contribution in [0.1, 0.15) is 13.3 Å². The van der Waals surface area contributed by atoms with Crippen LogP contribution >= 0.6 is 15.9 Å². The third kappa shape index (κ3) is 4.23. The molecule has 0 aliphatic heterocycles. The molecule has 18 heavy (non-hydrogen) atoms. The van der Waals surface area contributed by atoms with Crippen LogP contribution in [0.2, 0.25) is 0 Å². The normalized spacial score (nSPS) is 12.5. The monoisotopic (exact) mass is 317 g/mol. The number of pyridine rings is 1. The van der Waals surface area contributed by atoms with Crippen LogP contribution in [-0.4, -0.2) is 41.6 Å². The summed E-state index contributed by atoms with van der Waals surface area (Å²) in [4.78, 5) is 16.3. The van der Waals surface area contributed by atoms with E-state index in [-0.39, 0.29) is 11.6 Å². The Labute approximate surface area is 114 Å². The van der Waals surface area contributed by atoms with Crippen molar-refractivity contribution in [3.63, 3.8) is 0 Å². The van der Waals surface area contributed by atoms with Gasteiger partial charge in [0.2, 0.25) is 0 Å². The lowest BCUT2D eigenvalue weighted by molar-refractivity contribution is -0.386. The molecule has 0 saturated heterocycles. The minimum atomic E-state index is -0.498. The van der Waals surface area contributed by atoms with E-state index in [0.29, 0.717) is 17.1 Å². The fourth-order valence-corrected chi connectivity index (χ4v) is 1.56. The number of aromatic nitrogens is 1. The molecule has 0 aromatic carbocycles. The first-order chi connectivity index (χ1) is 8.41. The molecule has 0 saturated carbocycles. The molecule has 0 spiro atoms. The van der Waals surface area contributed by atoms with E-state index in [4.69, 9.17) is 4.74 Å². The summed E-state index contributed by atoms with van der Waals surface area (Å²) in [5.41, 5.74) is -0.123. The highest BCUT2D eigenvalue weighted by atomic mass is 79.9. The first-order valence-corrected chi connectivity index (χ1v) is 6.30. The second kappa shape index (κ2) is 6.65. The van der Waals surface area contributed by atoms with Crippen molar-refractivity contribution in [1.82, 2.24) is 9.88 Å². The first kappa shape index (κ1) is 14.8. The molecule has 1 aromatic rings. The molecule has 6 nitrogen and oxygen atoms in total. The molecular formula is C11H16BrN3O3. The van der Waals surface area contributed by atoms with Crippen LogP contribution in [0.5, 0.6) is 5.88 Å². The number of nitro groups is 1. The summed E-state index contributed by atoms with van der Waals surface area (Å²) in [5, 5.41) is 10.8. The van der Waals surface area contributed by atoms with Crippen LogP contribution in [0.3, 0.4) is 0 Å². The third-order valence-electron chi connectivity index (χ3n) is 2.65. The number of hydrogen-bond acceptors (Lipinski definition) is 5. The Bertz CT molecular complexity index is 426. The summed E-state index contributed by atoms with van der Waals surface area (Å²) in [6, 6.07) is 1.73. The van der Waals surface area contributed by atoms with Crippen LogP contribution in [0, 0.1) is 10.1 Å². The van der Waals surface area contributed by atoms with Gasteiger partial charge in [0.1, 0.15) is 0 Å². The highest BCUT2D eigenvalue weighted by Gasteiger charge is 2.17. The predicted octanol–water partition coefficient (Wildman–Crippen LogP) is 2.47. The Kier molecular flexibility index (Phi) is 5.49. The van der Waals surface area contributed by atoms with Gasteiger partial charge in [-0.25, -0.2) is 4.98 Å². The predicted molar refractivity (Wildman–Crippen MR) is 71.9 cm³/mol. The summed E-state index contributed by atoms with van der Waals surface area (Å²) in [6.45, 7) is 2.46. The molecule has 7 heteroatoms. The van der Waals surface area contributed by atoms with Crippen LogP contribution in [0.4, 0.5) is 5.69 Å². The second-order valence-corrected chi connectivity index (χ2v) is 5.10. The van der Waals surface area contributed by atoms with Gasteiger partial charge >= 0.3 is 5.69 Å². The number of nitrogens with zero attached hydrogens (tertiary/aromatic N) is 3. The van der Waals surface area contributed by atoms with E-state index in [1.807, 2.05) is 14.1 Å². The molecule has 0 aliphatic rings. The van der Waals surface area contributed by atoms with Crippen molar-refractivity contribution in [2.45, 2.75) is 19.4 Å². The highest BCUT2D eigenvalue weighted by Crippen LogP contribution is 2.27. The zero-order valence-electron chi connectivity index (χ0n) is 10.6. The summed E-state index contributed by atoms with van der Waals surface area (Å²) in [7, 11) is 3.95. The minimum absolute atomic E-state index is 0.0640. The van der Waals surface area contributed by atoms with E-state index in [9.17, 15) is 10.1 Å². The number of ether oxygens (including phenoxy) is 1. The molecule has 100 valence electrons. The smallest absolute Gasteiger partial charge is 0.332 e. The van der Waals surface area contributed by atoms with Crippen molar-refractivity contribution < 1.29 is 9.66 Å². The topological polar surface area (TPSA) is 68.5 Å². The van der Waals surface area contributed by atoms with E-state index >= 15 is 0 Å². The molecule has 0 bridgehead atoms. The minimum Gasteiger partial charge on any atom is -0.473 e. The van der Waals surface area contributed by atoms with Gasteiger partial charge in [0, 0.05) is 22.8 Å². The SMILES string of the molecule is CC(CCOc1ncc(Br)cc1[N+](=O)[O-])N(C)C. The molecule has 1 heterocycles. The number of hydrogen-bond donors (Lipinski definition) is 0. The average Bonchev–Trinajstić information content (AvgIpc) is 2.30. The largest absolute Gasteiger partial charge is 0.473 e. The molecule has 1 atom stereocenters. The standard InChI is InChI=1S/C11H16BrN3O3/c1-8(14(2)3)4-5-18-11-10(15(16)17)6-9(12)7-13-11/h6-8H,4-5H2,1-3H3. The molecule has 0 aliphatic carbocycles. The molecule has 1 unspecified atom stereocenters. The zero-order chi connectivity index (χ0) is 13.7. The van der Waals surface area contributed by atoms with Crippen molar-refractivity contribution in [1.29, 1.82) is 0 Å². The molecule has 0 N–H and O–H groups in total. The first-order valence-electron chi connectivity index (χ1n) is 5.51. The van der Waals surface area contributed by atoms with Gasteiger partial charge in [-0.15, -0.1) is 0 Å². The van der Waals surface area contributed by atoms with Crippen molar-refractivity contribution in [2.75, 3.05) is 20.7 Å². The number of halogens is 1. The van der Waals surface area contributed by atoms with Gasteiger partial charge in [-0.3, -0.25) is 10.1 Å². The summed E-state index contributed by atoms with van der Waals surface area (Å²) >= 11 is 3.15. The molecule has 1 aromatic heterocycles. The van der Waals surface area contributed by atoms with E-state index in [1.165, 1.54) is 12.3 Å². The Hall–Kier alpha value is -1.21.